The van der Waals surface area contributed by atoms with Crippen LogP contribution in [-0.2, 0) is 0 Å². The van der Waals surface area contributed by atoms with E-state index < -0.39 is 0 Å². The predicted octanol–water partition coefficient (Wildman–Crippen LogP) is 5.61. The lowest BCUT2D eigenvalue weighted by atomic mass is 9.78. The summed E-state index contributed by atoms with van der Waals surface area (Å²) in [6.45, 7) is 14.1. The van der Waals surface area contributed by atoms with E-state index in [2.05, 4.69) is 53.7 Å². The number of allylic oxidation sites excluding steroid dienone is 4. The molecule has 4 atom stereocenters. The molecule has 0 spiro atoms. The van der Waals surface area contributed by atoms with Gasteiger partial charge in [0.05, 0.1) is 0 Å². The number of rotatable bonds is 6. The van der Waals surface area contributed by atoms with Crippen LogP contribution in [0.5, 0.6) is 0 Å². The van der Waals surface area contributed by atoms with Gasteiger partial charge in [-0.3, -0.25) is 0 Å². The van der Waals surface area contributed by atoms with Gasteiger partial charge in [0.1, 0.15) is 0 Å². The van der Waals surface area contributed by atoms with Gasteiger partial charge < -0.3 is 0 Å². The lowest BCUT2D eigenvalue weighted by Gasteiger charge is -2.27. The van der Waals surface area contributed by atoms with Crippen molar-refractivity contribution in [3.8, 4) is 0 Å². The molecule has 0 bridgehead atoms. The summed E-state index contributed by atoms with van der Waals surface area (Å²) in [5.41, 5.74) is 3.39. The van der Waals surface area contributed by atoms with Crippen LogP contribution >= 0.6 is 0 Å². The van der Waals surface area contributed by atoms with Gasteiger partial charge in [0.25, 0.3) is 0 Å². The highest BCUT2D eigenvalue weighted by atomic mass is 14.3. The fourth-order valence-electron chi connectivity index (χ4n) is 2.85. The Hall–Kier alpha value is -0.520. The zero-order valence-corrected chi connectivity index (χ0v) is 12.6. The quantitative estimate of drug-likeness (QED) is 0.560. The molecule has 0 aliphatic heterocycles. The minimum absolute atomic E-state index is 0.707. The van der Waals surface area contributed by atoms with Gasteiger partial charge in [-0.2, -0.15) is 0 Å². The molecule has 0 aromatic rings. The molecule has 0 fully saturated rings. The Bertz CT molecular complexity index is 295. The minimum atomic E-state index is 0.707. The van der Waals surface area contributed by atoms with E-state index in [1.165, 1.54) is 19.3 Å². The van der Waals surface area contributed by atoms with Crippen molar-refractivity contribution in [1.29, 1.82) is 0 Å². The topological polar surface area (TPSA) is 0 Å². The van der Waals surface area contributed by atoms with Crippen molar-refractivity contribution in [2.75, 3.05) is 0 Å². The Morgan fingerprint density at radius 1 is 0.941 bits per heavy atom. The molecule has 1 aliphatic rings. The zero-order chi connectivity index (χ0) is 13.0. The third-order valence-electron chi connectivity index (χ3n) is 4.72. The van der Waals surface area contributed by atoms with Gasteiger partial charge in [-0.1, -0.05) is 65.7 Å². The van der Waals surface area contributed by atoms with Crippen LogP contribution in [0, 0.1) is 23.7 Å². The van der Waals surface area contributed by atoms with E-state index in [0.29, 0.717) is 5.92 Å². The van der Waals surface area contributed by atoms with Gasteiger partial charge in [-0.15, -0.1) is 0 Å². The highest BCUT2D eigenvalue weighted by Crippen LogP contribution is 2.41. The van der Waals surface area contributed by atoms with E-state index in [-0.39, 0.29) is 0 Å². The maximum Gasteiger partial charge on any atom is 0.00141 e. The first-order chi connectivity index (χ1) is 8.06. The summed E-state index contributed by atoms with van der Waals surface area (Å²) in [4.78, 5) is 0. The summed E-state index contributed by atoms with van der Waals surface area (Å²) in [5.74, 6) is 2.97. The molecule has 4 unspecified atom stereocenters. The van der Waals surface area contributed by atoms with Crippen molar-refractivity contribution >= 4 is 0 Å². The summed E-state index contributed by atoms with van der Waals surface area (Å²) in [6.07, 6.45) is 8.70. The SMILES string of the molecule is CCC(C)C1=C(C(C)CC)C(C(C)CC)C=C1. The molecular weight excluding hydrogens is 204 g/mol. The predicted molar refractivity (Wildman–Crippen MR) is 78.0 cm³/mol. The first-order valence-electron chi connectivity index (χ1n) is 7.48. The number of hydrogen-bond donors (Lipinski definition) is 0. The van der Waals surface area contributed by atoms with Crippen molar-refractivity contribution in [3.05, 3.63) is 23.3 Å². The van der Waals surface area contributed by atoms with Gasteiger partial charge in [-0.05, 0) is 36.2 Å². The molecular formula is C17H30. The second-order valence-electron chi connectivity index (χ2n) is 5.80. The van der Waals surface area contributed by atoms with Crippen LogP contribution in [0.25, 0.3) is 0 Å². The number of hydrogen-bond acceptors (Lipinski definition) is 0. The Kier molecular flexibility index (Phi) is 5.49. The Labute approximate surface area is 108 Å². The average Bonchev–Trinajstić information content (AvgIpc) is 2.80. The van der Waals surface area contributed by atoms with E-state index in [1.807, 2.05) is 0 Å². The van der Waals surface area contributed by atoms with Gasteiger partial charge in [-0.25, -0.2) is 0 Å². The van der Waals surface area contributed by atoms with E-state index in [1.54, 1.807) is 11.1 Å². The van der Waals surface area contributed by atoms with Gasteiger partial charge >= 0.3 is 0 Å². The molecule has 1 rings (SSSR count). The molecule has 0 heteroatoms. The van der Waals surface area contributed by atoms with Crippen LogP contribution in [0.1, 0.15) is 60.8 Å². The molecule has 0 nitrogen and oxygen atoms in total. The van der Waals surface area contributed by atoms with Crippen molar-refractivity contribution in [2.45, 2.75) is 60.8 Å². The van der Waals surface area contributed by atoms with Crippen LogP contribution in [-0.4, -0.2) is 0 Å². The van der Waals surface area contributed by atoms with Crippen LogP contribution in [0.2, 0.25) is 0 Å². The average molecular weight is 234 g/mol. The molecule has 0 saturated carbocycles. The van der Waals surface area contributed by atoms with Gasteiger partial charge in [0.15, 0.2) is 0 Å². The summed E-state index contributed by atoms with van der Waals surface area (Å²) >= 11 is 0. The molecule has 0 saturated heterocycles. The van der Waals surface area contributed by atoms with Crippen LogP contribution in [0.3, 0.4) is 0 Å². The summed E-state index contributed by atoms with van der Waals surface area (Å²) < 4.78 is 0. The van der Waals surface area contributed by atoms with Gasteiger partial charge in [0.2, 0.25) is 0 Å². The first kappa shape index (κ1) is 14.5. The van der Waals surface area contributed by atoms with E-state index in [0.717, 1.165) is 17.8 Å². The Morgan fingerprint density at radius 3 is 2.00 bits per heavy atom. The van der Waals surface area contributed by atoms with Crippen molar-refractivity contribution < 1.29 is 0 Å². The largest absolute Gasteiger partial charge is 0.0768 e. The zero-order valence-electron chi connectivity index (χ0n) is 12.6. The molecule has 98 valence electrons. The summed E-state index contributed by atoms with van der Waals surface area (Å²) in [6, 6.07) is 0. The van der Waals surface area contributed by atoms with Crippen LogP contribution in [0.4, 0.5) is 0 Å². The molecule has 0 amide bonds. The molecule has 1 aliphatic carbocycles. The highest BCUT2D eigenvalue weighted by Gasteiger charge is 2.28. The third-order valence-corrected chi connectivity index (χ3v) is 4.72. The molecule has 0 radical (unpaired) electrons. The van der Waals surface area contributed by atoms with E-state index in [9.17, 15) is 0 Å². The normalized spacial score (nSPS) is 25.2. The molecule has 0 heterocycles. The van der Waals surface area contributed by atoms with Crippen molar-refractivity contribution in [1.82, 2.24) is 0 Å². The third kappa shape index (κ3) is 3.03. The Balaban J connectivity index is 3.05. The highest BCUT2D eigenvalue weighted by molar-refractivity contribution is 5.40. The van der Waals surface area contributed by atoms with Crippen molar-refractivity contribution in [2.24, 2.45) is 23.7 Å². The second kappa shape index (κ2) is 6.42. The monoisotopic (exact) mass is 234 g/mol. The molecule has 17 heavy (non-hydrogen) atoms. The second-order valence-corrected chi connectivity index (χ2v) is 5.80. The molecule has 0 aromatic carbocycles. The van der Waals surface area contributed by atoms with Crippen LogP contribution in [0.15, 0.2) is 23.3 Å². The minimum Gasteiger partial charge on any atom is -0.0768 e. The maximum absolute atomic E-state index is 2.47. The fourth-order valence-corrected chi connectivity index (χ4v) is 2.85. The first-order valence-corrected chi connectivity index (χ1v) is 7.48. The van der Waals surface area contributed by atoms with Gasteiger partial charge in [0, 0.05) is 5.92 Å². The van der Waals surface area contributed by atoms with E-state index in [4.69, 9.17) is 0 Å². The smallest absolute Gasteiger partial charge is 0.00141 e. The maximum atomic E-state index is 2.47. The summed E-state index contributed by atoms with van der Waals surface area (Å²) in [5, 5.41) is 0. The standard InChI is InChI=1S/C17H30/c1-7-12(4)15-10-11-16(13(5)8-2)17(15)14(6)9-3/h10-15H,7-9H2,1-6H3. The fraction of sp³-hybridized carbons (Fsp3) is 0.765. The van der Waals surface area contributed by atoms with Crippen LogP contribution < -0.4 is 0 Å². The molecule has 0 N–H and O–H groups in total. The lowest BCUT2D eigenvalue weighted by molar-refractivity contribution is 0.425. The summed E-state index contributed by atoms with van der Waals surface area (Å²) in [7, 11) is 0. The lowest BCUT2D eigenvalue weighted by Crippen LogP contribution is -2.16. The van der Waals surface area contributed by atoms with Crippen molar-refractivity contribution in [3.63, 3.8) is 0 Å². The Morgan fingerprint density at radius 2 is 1.53 bits per heavy atom. The van der Waals surface area contributed by atoms with E-state index >= 15 is 0 Å². The molecule has 0 aromatic heterocycles.